The van der Waals surface area contributed by atoms with Crippen LogP contribution in [0.2, 0.25) is 0 Å². The van der Waals surface area contributed by atoms with E-state index in [0.717, 1.165) is 68.0 Å². The summed E-state index contributed by atoms with van der Waals surface area (Å²) in [5.74, 6) is 3.72. The van der Waals surface area contributed by atoms with E-state index in [1.54, 1.807) is 0 Å². The summed E-state index contributed by atoms with van der Waals surface area (Å²) >= 11 is 0. The number of hydrogen-bond donors (Lipinski definition) is 0. The van der Waals surface area contributed by atoms with E-state index in [1.807, 2.05) is 49.4 Å². The lowest BCUT2D eigenvalue weighted by Crippen LogP contribution is -2.09. The fraction of sp³-hybridized carbons (Fsp3) is 0.0577. The van der Waals surface area contributed by atoms with Crippen molar-refractivity contribution in [1.29, 1.82) is 0 Å². The molecule has 10 rings (SSSR count). The molecule has 272 valence electrons. The lowest BCUT2D eigenvalue weighted by molar-refractivity contribution is 0.426. The van der Waals surface area contributed by atoms with E-state index in [9.17, 15) is 0 Å². The summed E-state index contributed by atoms with van der Waals surface area (Å²) in [7, 11) is 0. The molecule has 1 atom stereocenters. The molecule has 0 saturated heterocycles. The number of allylic oxidation sites excluding steroid dienone is 9. The Kier molecular flexibility index (Phi) is 8.81. The number of para-hydroxylation sites is 2. The van der Waals surface area contributed by atoms with Gasteiger partial charge in [-0.15, -0.1) is 0 Å². The van der Waals surface area contributed by atoms with Crippen molar-refractivity contribution in [3.63, 3.8) is 0 Å². The highest BCUT2D eigenvalue weighted by molar-refractivity contribution is 6.10. The van der Waals surface area contributed by atoms with Crippen molar-refractivity contribution in [2.24, 2.45) is 0 Å². The summed E-state index contributed by atoms with van der Waals surface area (Å²) in [6.45, 7) is 2.01. The molecule has 0 spiro atoms. The van der Waals surface area contributed by atoms with Gasteiger partial charge in [-0.3, -0.25) is 0 Å². The van der Waals surface area contributed by atoms with Gasteiger partial charge in [0.15, 0.2) is 17.5 Å². The fourth-order valence-electron chi connectivity index (χ4n) is 8.03. The second kappa shape index (κ2) is 14.7. The van der Waals surface area contributed by atoms with Crippen LogP contribution in [0.1, 0.15) is 30.4 Å². The maximum atomic E-state index is 6.90. The Hall–Kier alpha value is -7.37. The minimum atomic E-state index is 0.114. The molecule has 5 nitrogen and oxygen atoms in total. The minimum absolute atomic E-state index is 0.114. The molecule has 0 amide bonds. The van der Waals surface area contributed by atoms with Crippen molar-refractivity contribution in [2.45, 2.75) is 19.3 Å². The van der Waals surface area contributed by atoms with Gasteiger partial charge in [-0.25, -0.2) is 15.0 Å². The van der Waals surface area contributed by atoms with Gasteiger partial charge >= 0.3 is 0 Å². The largest absolute Gasteiger partial charge is 0.459 e. The zero-order valence-corrected chi connectivity index (χ0v) is 31.5. The minimum Gasteiger partial charge on any atom is -0.459 e. The second-order valence-corrected chi connectivity index (χ2v) is 14.3. The smallest absolute Gasteiger partial charge is 0.164 e. The van der Waals surface area contributed by atoms with E-state index in [2.05, 4.69) is 156 Å². The third kappa shape index (κ3) is 6.39. The quantitative estimate of drug-likeness (QED) is 0.146. The van der Waals surface area contributed by atoms with Crippen LogP contribution in [0.5, 0.6) is 5.75 Å². The van der Waals surface area contributed by atoms with Gasteiger partial charge in [-0.05, 0) is 66.4 Å². The molecule has 3 heterocycles. The van der Waals surface area contributed by atoms with Crippen LogP contribution in [0.3, 0.4) is 0 Å². The van der Waals surface area contributed by atoms with Crippen LogP contribution in [0.25, 0.3) is 78.9 Å². The molecule has 1 unspecified atom stereocenters. The number of aromatic nitrogens is 4. The predicted molar refractivity (Wildman–Crippen MR) is 234 cm³/mol. The van der Waals surface area contributed by atoms with Crippen molar-refractivity contribution in [1.82, 2.24) is 19.5 Å². The van der Waals surface area contributed by atoms with Crippen LogP contribution < -0.4 is 4.74 Å². The zero-order chi connectivity index (χ0) is 38.1. The van der Waals surface area contributed by atoms with Gasteiger partial charge in [0.05, 0.1) is 22.6 Å². The van der Waals surface area contributed by atoms with Crippen molar-refractivity contribution in [3.05, 3.63) is 205 Å². The molecule has 0 N–H and O–H groups in total. The lowest BCUT2D eigenvalue weighted by atomic mass is 9.90. The molecule has 1 aliphatic carbocycles. The molecule has 6 aromatic carbocycles. The van der Waals surface area contributed by atoms with Crippen molar-refractivity contribution in [3.8, 4) is 51.0 Å². The number of fused-ring (bicyclic) bond motifs is 6. The Labute approximate surface area is 332 Å². The van der Waals surface area contributed by atoms with Crippen LogP contribution in [0, 0.1) is 0 Å². The molecule has 8 aromatic rings. The third-order valence-corrected chi connectivity index (χ3v) is 10.7. The Morgan fingerprint density at radius 2 is 1.18 bits per heavy atom. The highest BCUT2D eigenvalue weighted by atomic mass is 16.5. The van der Waals surface area contributed by atoms with E-state index in [1.165, 1.54) is 16.3 Å². The molecular formula is C52H38N4O. The number of benzene rings is 6. The summed E-state index contributed by atoms with van der Waals surface area (Å²) < 4.78 is 9.25. The topological polar surface area (TPSA) is 52.8 Å². The Morgan fingerprint density at radius 3 is 1.91 bits per heavy atom. The summed E-state index contributed by atoms with van der Waals surface area (Å²) in [5.41, 5.74) is 10.6. The lowest BCUT2D eigenvalue weighted by Gasteiger charge is -2.19. The first-order valence-electron chi connectivity index (χ1n) is 19.4. The number of nitrogens with zero attached hydrogens (tertiary/aromatic N) is 4. The van der Waals surface area contributed by atoms with Gasteiger partial charge in [-0.2, -0.15) is 0 Å². The van der Waals surface area contributed by atoms with Gasteiger partial charge in [0, 0.05) is 33.0 Å². The van der Waals surface area contributed by atoms with Crippen LogP contribution >= 0.6 is 0 Å². The Morgan fingerprint density at radius 1 is 0.561 bits per heavy atom. The first-order valence-corrected chi connectivity index (χ1v) is 19.4. The summed E-state index contributed by atoms with van der Waals surface area (Å²) in [6.07, 6.45) is 17.5. The third-order valence-electron chi connectivity index (χ3n) is 10.7. The van der Waals surface area contributed by atoms with Gasteiger partial charge in [-0.1, -0.05) is 158 Å². The van der Waals surface area contributed by atoms with Gasteiger partial charge < -0.3 is 9.30 Å². The highest BCUT2D eigenvalue weighted by Crippen LogP contribution is 2.49. The Bertz CT molecular complexity index is 2930. The average molecular weight is 735 g/mol. The SMILES string of the molecule is C\C=C/C=C\C=C\c1cccc(-c2nc(-c3cccc(-c4ccccc4)c3)nc(-c3ccc4c(c3)OC3=C(n5c6ccccc6c6ccccc65)C=CCC34)n2)c1. The molecule has 0 bridgehead atoms. The van der Waals surface area contributed by atoms with Crippen LogP contribution in [0.4, 0.5) is 0 Å². The van der Waals surface area contributed by atoms with Crippen LogP contribution in [-0.4, -0.2) is 19.5 Å². The first kappa shape index (κ1) is 34.1. The first-order chi connectivity index (χ1) is 28.2. The molecule has 5 heteroatoms. The maximum absolute atomic E-state index is 6.90. The van der Waals surface area contributed by atoms with E-state index in [-0.39, 0.29) is 5.92 Å². The van der Waals surface area contributed by atoms with E-state index < -0.39 is 0 Å². The van der Waals surface area contributed by atoms with Crippen molar-refractivity contribution in [2.75, 3.05) is 0 Å². The van der Waals surface area contributed by atoms with Gasteiger partial charge in [0.25, 0.3) is 0 Å². The summed E-state index contributed by atoms with van der Waals surface area (Å²) in [4.78, 5) is 15.4. The maximum Gasteiger partial charge on any atom is 0.164 e. The molecular weight excluding hydrogens is 697 g/mol. The number of hydrogen-bond acceptors (Lipinski definition) is 4. The normalized spacial score (nSPS) is 15.0. The highest BCUT2D eigenvalue weighted by Gasteiger charge is 2.34. The van der Waals surface area contributed by atoms with E-state index in [4.69, 9.17) is 19.7 Å². The standard InChI is InChI=1S/C52H38N4O/c1-2-3-4-5-7-17-35-18-14-22-38(32-35)50-53-51(39-23-15-21-37(33-39)36-19-8-6-9-20-36)55-52(54-50)40-30-31-43-44-26-16-29-47(49(44)57-48(43)34-40)56-45-27-12-10-24-41(45)42-25-11-13-28-46(42)56/h2-25,27-34,44H,26H2,1H3/b3-2-,5-4-,17-7+. The Balaban J connectivity index is 1.07. The molecule has 1 aliphatic heterocycles. The molecule has 57 heavy (non-hydrogen) atoms. The fourth-order valence-corrected chi connectivity index (χ4v) is 8.03. The summed E-state index contributed by atoms with van der Waals surface area (Å²) in [5, 5.41) is 2.46. The monoisotopic (exact) mass is 734 g/mol. The molecule has 0 fully saturated rings. The van der Waals surface area contributed by atoms with Crippen molar-refractivity contribution < 1.29 is 4.74 Å². The number of rotatable bonds is 8. The van der Waals surface area contributed by atoms with Gasteiger partial charge in [0.2, 0.25) is 0 Å². The van der Waals surface area contributed by atoms with Gasteiger partial charge in [0.1, 0.15) is 11.5 Å². The molecule has 0 radical (unpaired) electrons. The van der Waals surface area contributed by atoms with Crippen LogP contribution in [-0.2, 0) is 0 Å². The van der Waals surface area contributed by atoms with E-state index >= 15 is 0 Å². The van der Waals surface area contributed by atoms with E-state index in [0.29, 0.717) is 17.5 Å². The molecule has 2 aromatic heterocycles. The second-order valence-electron chi connectivity index (χ2n) is 14.3. The average Bonchev–Trinajstić information content (AvgIpc) is 3.82. The van der Waals surface area contributed by atoms with Crippen molar-refractivity contribution >= 4 is 33.6 Å². The molecule has 2 aliphatic rings. The number of ether oxygens (including phenoxy) is 1. The van der Waals surface area contributed by atoms with Crippen LogP contribution in [0.15, 0.2) is 194 Å². The zero-order valence-electron chi connectivity index (χ0n) is 31.5. The molecule has 0 saturated carbocycles. The summed E-state index contributed by atoms with van der Waals surface area (Å²) in [6, 6.07) is 50.8. The predicted octanol–water partition coefficient (Wildman–Crippen LogP) is 13.1.